The molecule has 0 aliphatic rings. The molecule has 2 aromatic rings. The predicted octanol–water partition coefficient (Wildman–Crippen LogP) is 2.51. The summed E-state index contributed by atoms with van der Waals surface area (Å²) in [5, 5.41) is 12.4. The number of halogens is 3. The summed E-state index contributed by atoms with van der Waals surface area (Å²) < 4.78 is 39.2. The van der Waals surface area contributed by atoms with Crippen molar-refractivity contribution in [2.75, 3.05) is 0 Å². The zero-order chi connectivity index (χ0) is 16.3. The summed E-state index contributed by atoms with van der Waals surface area (Å²) in [6.45, 7) is 1.58. The van der Waals surface area contributed by atoms with Crippen LogP contribution >= 0.6 is 11.3 Å². The van der Waals surface area contributed by atoms with Crippen LogP contribution in [0, 0.1) is 6.92 Å². The molecule has 0 aliphatic heterocycles. The Morgan fingerprint density at radius 3 is 2.73 bits per heavy atom. The van der Waals surface area contributed by atoms with Gasteiger partial charge >= 0.3 is 6.18 Å². The first-order chi connectivity index (χ1) is 10.3. The molecule has 22 heavy (non-hydrogen) atoms. The summed E-state index contributed by atoms with van der Waals surface area (Å²) in [5.74, 6) is -0.990. The number of hydrogen-bond acceptors (Lipinski definition) is 5. The van der Waals surface area contributed by atoms with E-state index in [0.717, 1.165) is 17.5 Å². The Hall–Kier alpha value is -2.16. The van der Waals surface area contributed by atoms with E-state index in [4.69, 9.17) is 0 Å². The molecule has 1 atom stereocenters. The molecule has 0 fully saturated rings. The van der Waals surface area contributed by atoms with Gasteiger partial charge in [-0.05, 0) is 18.6 Å². The molecule has 9 heteroatoms. The van der Waals surface area contributed by atoms with E-state index < -0.39 is 18.1 Å². The van der Waals surface area contributed by atoms with Gasteiger partial charge in [0.2, 0.25) is 5.91 Å². The molecule has 5 nitrogen and oxygen atoms in total. The zero-order valence-electron chi connectivity index (χ0n) is 11.4. The third kappa shape index (κ3) is 4.17. The molecule has 0 aromatic carbocycles. The van der Waals surface area contributed by atoms with E-state index in [1.165, 1.54) is 17.6 Å². The average Bonchev–Trinajstić information content (AvgIpc) is 2.81. The van der Waals surface area contributed by atoms with Crippen molar-refractivity contribution < 1.29 is 23.1 Å². The number of carbonyl (C=O) groups is 1. The summed E-state index contributed by atoms with van der Waals surface area (Å²) in [6, 6.07) is -0.883. The van der Waals surface area contributed by atoms with E-state index in [2.05, 4.69) is 9.97 Å². The van der Waals surface area contributed by atoms with E-state index in [1.54, 1.807) is 6.92 Å². The lowest BCUT2D eigenvalue weighted by Crippen LogP contribution is -2.38. The van der Waals surface area contributed by atoms with Gasteiger partial charge in [-0.15, -0.1) is 11.3 Å². The minimum absolute atomic E-state index is 0.159. The van der Waals surface area contributed by atoms with Crippen LogP contribution in [0.5, 0.6) is 5.75 Å². The highest BCUT2D eigenvalue weighted by atomic mass is 32.1. The Bertz CT molecular complexity index is 673. The number of nitrogens with zero attached hydrogens (tertiary/aromatic N) is 2. The maximum absolute atomic E-state index is 13.1. The smallest absolute Gasteiger partial charge is 0.415 e. The van der Waals surface area contributed by atoms with Crippen LogP contribution in [0.3, 0.4) is 0 Å². The monoisotopic (exact) mass is 331 g/mol. The molecule has 0 radical (unpaired) electrons. The van der Waals surface area contributed by atoms with Crippen molar-refractivity contribution >= 4 is 17.2 Å². The quantitative estimate of drug-likeness (QED) is 0.903. The average molecular weight is 331 g/mol. The largest absolute Gasteiger partial charge is 0.506 e. The maximum Gasteiger partial charge on any atom is 0.415 e. The fraction of sp³-hybridized carbons (Fsp3) is 0.308. The summed E-state index contributed by atoms with van der Waals surface area (Å²) >= 11 is 0.837. The highest BCUT2D eigenvalue weighted by Crippen LogP contribution is 2.34. The van der Waals surface area contributed by atoms with Crippen molar-refractivity contribution in [1.82, 2.24) is 15.3 Å². The number of carbonyl (C=O) groups excluding carboxylic acids is 1. The van der Waals surface area contributed by atoms with Crippen LogP contribution in [0.4, 0.5) is 13.2 Å². The molecule has 118 valence electrons. The second-order valence-electron chi connectivity index (χ2n) is 4.60. The number of pyridine rings is 1. The van der Waals surface area contributed by atoms with Gasteiger partial charge in [-0.2, -0.15) is 13.2 Å². The normalized spacial score (nSPS) is 12.9. The Kier molecular flexibility index (Phi) is 4.65. The molecule has 2 N–H and O–H groups in total. The Balaban J connectivity index is 2.12. The van der Waals surface area contributed by atoms with Gasteiger partial charge in [0, 0.05) is 17.3 Å². The summed E-state index contributed by atoms with van der Waals surface area (Å²) in [7, 11) is 0. The third-order valence-corrected chi connectivity index (χ3v) is 3.69. The number of nitrogens with one attached hydrogen (secondary N) is 1. The van der Waals surface area contributed by atoms with Gasteiger partial charge in [0.05, 0.1) is 12.6 Å². The van der Waals surface area contributed by atoms with Gasteiger partial charge in [-0.1, -0.05) is 0 Å². The van der Waals surface area contributed by atoms with Crippen molar-refractivity contribution in [1.29, 1.82) is 0 Å². The first-order valence-electron chi connectivity index (χ1n) is 6.16. The summed E-state index contributed by atoms with van der Waals surface area (Å²) in [6.07, 6.45) is -2.50. The molecule has 2 heterocycles. The van der Waals surface area contributed by atoms with Gasteiger partial charge in [0.25, 0.3) is 0 Å². The molecule has 1 amide bonds. The Morgan fingerprint density at radius 1 is 1.45 bits per heavy atom. The van der Waals surface area contributed by atoms with Crippen molar-refractivity contribution in [2.45, 2.75) is 25.6 Å². The minimum Gasteiger partial charge on any atom is -0.506 e. The van der Waals surface area contributed by atoms with Crippen LogP contribution in [-0.2, 0) is 11.2 Å². The van der Waals surface area contributed by atoms with Crippen molar-refractivity contribution in [3.63, 3.8) is 0 Å². The molecule has 0 saturated carbocycles. The number of alkyl halides is 3. The molecule has 2 rings (SSSR count). The van der Waals surface area contributed by atoms with E-state index >= 15 is 0 Å². The zero-order valence-corrected chi connectivity index (χ0v) is 12.2. The van der Waals surface area contributed by atoms with Gasteiger partial charge in [-0.25, -0.2) is 4.98 Å². The lowest BCUT2D eigenvalue weighted by Gasteiger charge is -2.19. The van der Waals surface area contributed by atoms with Crippen LogP contribution in [-0.4, -0.2) is 27.2 Å². The minimum atomic E-state index is -4.64. The van der Waals surface area contributed by atoms with Gasteiger partial charge < -0.3 is 10.4 Å². The molecule has 0 aliphatic carbocycles. The van der Waals surface area contributed by atoms with Gasteiger partial charge in [0.15, 0.2) is 6.04 Å². The molecule has 2 aromatic heterocycles. The van der Waals surface area contributed by atoms with E-state index in [-0.39, 0.29) is 17.2 Å². The standard InChI is InChI=1S/C13H12F3N3O2S/c1-7-6-22-12(18-7)11(13(14,15)16)19-10(21)3-8-2-9(20)5-17-4-8/h2,4-6,11,20H,3H2,1H3,(H,19,21). The third-order valence-electron chi connectivity index (χ3n) is 2.66. The van der Waals surface area contributed by atoms with Crippen molar-refractivity contribution in [3.05, 3.63) is 40.1 Å². The second-order valence-corrected chi connectivity index (χ2v) is 5.49. The highest BCUT2D eigenvalue weighted by molar-refractivity contribution is 7.09. The van der Waals surface area contributed by atoms with Crippen LogP contribution in [0.1, 0.15) is 22.3 Å². The highest BCUT2D eigenvalue weighted by Gasteiger charge is 2.43. The first-order valence-corrected chi connectivity index (χ1v) is 7.04. The number of thiazole rings is 1. The van der Waals surface area contributed by atoms with E-state index in [1.807, 2.05) is 5.32 Å². The molecule has 0 saturated heterocycles. The summed E-state index contributed by atoms with van der Waals surface area (Å²) in [5.41, 5.74) is 0.773. The molecular weight excluding hydrogens is 319 g/mol. The number of aryl methyl sites for hydroxylation is 1. The van der Waals surface area contributed by atoms with Crippen LogP contribution < -0.4 is 5.32 Å². The lowest BCUT2D eigenvalue weighted by molar-refractivity contribution is -0.163. The van der Waals surface area contributed by atoms with E-state index in [9.17, 15) is 23.1 Å². The maximum atomic E-state index is 13.1. The van der Waals surface area contributed by atoms with Crippen molar-refractivity contribution in [2.24, 2.45) is 0 Å². The second kappa shape index (κ2) is 6.30. The van der Waals surface area contributed by atoms with Crippen LogP contribution in [0.2, 0.25) is 0 Å². The molecule has 0 spiro atoms. The molecule has 1 unspecified atom stereocenters. The Morgan fingerprint density at radius 2 is 2.18 bits per heavy atom. The first kappa shape index (κ1) is 16.2. The van der Waals surface area contributed by atoms with Crippen LogP contribution in [0.25, 0.3) is 0 Å². The topological polar surface area (TPSA) is 75.1 Å². The fourth-order valence-electron chi connectivity index (χ4n) is 1.76. The number of amides is 1. The molecule has 0 bridgehead atoms. The Labute approximate surface area is 127 Å². The number of hydrogen-bond donors (Lipinski definition) is 2. The SMILES string of the molecule is Cc1csc(C(NC(=O)Cc2cncc(O)c2)C(F)(F)F)n1. The van der Waals surface area contributed by atoms with Crippen molar-refractivity contribution in [3.8, 4) is 5.75 Å². The number of aromatic nitrogens is 2. The number of rotatable bonds is 4. The predicted molar refractivity (Wildman–Crippen MR) is 73.4 cm³/mol. The van der Waals surface area contributed by atoms with Gasteiger partial charge in [-0.3, -0.25) is 9.78 Å². The summed E-state index contributed by atoms with van der Waals surface area (Å²) in [4.78, 5) is 19.3. The lowest BCUT2D eigenvalue weighted by atomic mass is 10.2. The fourth-order valence-corrected chi connectivity index (χ4v) is 2.63. The molecular formula is C13H12F3N3O2S. The number of aromatic hydroxyl groups is 1. The van der Waals surface area contributed by atoms with Crippen LogP contribution in [0.15, 0.2) is 23.8 Å². The van der Waals surface area contributed by atoms with Gasteiger partial charge in [0.1, 0.15) is 10.8 Å². The van der Waals surface area contributed by atoms with E-state index in [0.29, 0.717) is 11.3 Å².